The Kier molecular flexibility index (Phi) is 4.76. The van der Waals surface area contributed by atoms with E-state index in [4.69, 9.17) is 14.7 Å². The number of ether oxygens (including phenoxy) is 1. The Balaban J connectivity index is 2.06. The number of carboxylic acid groups (broad SMARTS) is 1. The third-order valence-corrected chi connectivity index (χ3v) is 4.42. The second kappa shape index (κ2) is 6.29. The zero-order valence-corrected chi connectivity index (χ0v) is 14.2. The quantitative estimate of drug-likeness (QED) is 0.567. The Bertz CT molecular complexity index is 629. The number of benzene rings is 1. The Morgan fingerprint density at radius 1 is 1.39 bits per heavy atom. The molecule has 0 spiro atoms. The fourth-order valence-corrected chi connectivity index (χ4v) is 3.13. The summed E-state index contributed by atoms with van der Waals surface area (Å²) in [6, 6.07) is 4.80. The van der Waals surface area contributed by atoms with Crippen molar-refractivity contribution < 1.29 is 24.3 Å². The summed E-state index contributed by atoms with van der Waals surface area (Å²) in [5.41, 5.74) is 3.03. The Morgan fingerprint density at radius 3 is 2.65 bits per heavy atom. The van der Waals surface area contributed by atoms with Gasteiger partial charge in [-0.3, -0.25) is 0 Å². The molecule has 2 rings (SSSR count). The molecule has 1 aromatic carbocycles. The number of thioether (sulfide) groups is 1. The molecule has 0 amide bonds. The van der Waals surface area contributed by atoms with Crippen LogP contribution < -0.4 is 10.8 Å². The highest BCUT2D eigenvalue weighted by Crippen LogP contribution is 2.45. The van der Waals surface area contributed by atoms with Gasteiger partial charge in [0.25, 0.3) is 0 Å². The summed E-state index contributed by atoms with van der Waals surface area (Å²) < 4.78 is 5.08. The highest BCUT2D eigenvalue weighted by atomic mass is 32.2. The van der Waals surface area contributed by atoms with Crippen LogP contribution in [0.5, 0.6) is 0 Å². The van der Waals surface area contributed by atoms with Crippen molar-refractivity contribution >= 4 is 29.6 Å². The van der Waals surface area contributed by atoms with Crippen LogP contribution in [0.25, 0.3) is 0 Å². The van der Waals surface area contributed by atoms with Crippen molar-refractivity contribution in [2.45, 2.75) is 49.6 Å². The summed E-state index contributed by atoms with van der Waals surface area (Å²) >= 11 is 1.36. The first kappa shape index (κ1) is 17.4. The smallest absolute Gasteiger partial charge is 0.478 e. The van der Waals surface area contributed by atoms with Gasteiger partial charge in [-0.15, -0.1) is 5.48 Å². The van der Waals surface area contributed by atoms with Crippen LogP contribution >= 0.6 is 11.8 Å². The van der Waals surface area contributed by atoms with Gasteiger partial charge in [-0.05, 0) is 45.4 Å². The number of rotatable bonds is 4. The van der Waals surface area contributed by atoms with Crippen molar-refractivity contribution in [3.63, 3.8) is 0 Å². The zero-order valence-electron chi connectivity index (χ0n) is 13.4. The minimum Gasteiger partial charge on any atom is -0.478 e. The van der Waals surface area contributed by atoms with Crippen LogP contribution in [0.2, 0.25) is 0 Å². The number of hydrogen-bond acceptors (Lipinski definition) is 7. The molecule has 126 valence electrons. The first-order valence-electron chi connectivity index (χ1n) is 7.16. The number of carbonyl (C=O) groups is 2. The first-order valence-corrected chi connectivity index (χ1v) is 7.97. The fourth-order valence-electron chi connectivity index (χ4n) is 1.95. The molecule has 0 bridgehead atoms. The maximum atomic E-state index is 11.7. The molecule has 1 unspecified atom stereocenters. The van der Waals surface area contributed by atoms with E-state index in [1.807, 2.05) is 6.92 Å². The van der Waals surface area contributed by atoms with Crippen molar-refractivity contribution in [1.29, 1.82) is 0 Å². The fraction of sp³-hybridized carbons (Fsp3) is 0.467. The van der Waals surface area contributed by atoms with E-state index in [2.05, 4.69) is 10.8 Å². The van der Waals surface area contributed by atoms with Gasteiger partial charge in [0, 0.05) is 4.90 Å². The Hall–Kier alpha value is -1.93. The van der Waals surface area contributed by atoms with Crippen LogP contribution in [-0.2, 0) is 9.57 Å². The van der Waals surface area contributed by atoms with E-state index in [0.29, 0.717) is 6.42 Å². The lowest BCUT2D eigenvalue weighted by Crippen LogP contribution is -2.47. The van der Waals surface area contributed by atoms with E-state index in [9.17, 15) is 9.59 Å². The Morgan fingerprint density at radius 2 is 2.09 bits per heavy atom. The second-order valence-corrected chi connectivity index (χ2v) is 7.43. The molecule has 3 N–H and O–H groups in total. The topological polar surface area (TPSA) is 96.9 Å². The van der Waals surface area contributed by atoms with E-state index in [1.54, 1.807) is 32.9 Å². The molecule has 1 aromatic rings. The highest BCUT2D eigenvalue weighted by Gasteiger charge is 2.38. The normalized spacial score (nSPS) is 19.7. The van der Waals surface area contributed by atoms with Crippen molar-refractivity contribution in [1.82, 2.24) is 5.48 Å². The van der Waals surface area contributed by atoms with Gasteiger partial charge in [0.1, 0.15) is 5.60 Å². The number of nitrogens with one attached hydrogen (secondary N) is 2. The molecular formula is C15H20N2O5S. The molecule has 0 radical (unpaired) electrons. The molecule has 1 heterocycles. The molecule has 0 saturated heterocycles. The molecule has 0 aliphatic carbocycles. The van der Waals surface area contributed by atoms with Gasteiger partial charge in [0.05, 0.1) is 11.3 Å². The number of hydroxylamine groups is 1. The summed E-state index contributed by atoms with van der Waals surface area (Å²) in [5.74, 6) is -0.986. The Labute approximate surface area is 138 Å². The summed E-state index contributed by atoms with van der Waals surface area (Å²) in [4.78, 5) is 27.7. The monoisotopic (exact) mass is 340 g/mol. The molecule has 7 nitrogen and oxygen atoms in total. The lowest BCUT2D eigenvalue weighted by atomic mass is 10.2. The first-order chi connectivity index (χ1) is 10.6. The van der Waals surface area contributed by atoms with E-state index >= 15 is 0 Å². The molecule has 0 aromatic heterocycles. The maximum absolute atomic E-state index is 11.7. The average Bonchev–Trinajstić information content (AvgIpc) is 2.81. The van der Waals surface area contributed by atoms with Crippen LogP contribution in [0.1, 0.15) is 44.5 Å². The minimum absolute atomic E-state index is 0.206. The maximum Gasteiger partial charge on any atom is 0.528 e. The number of aromatic carboxylic acids is 1. The van der Waals surface area contributed by atoms with Gasteiger partial charge in [-0.2, -0.15) is 0 Å². The van der Waals surface area contributed by atoms with E-state index in [-0.39, 0.29) is 5.56 Å². The zero-order chi connectivity index (χ0) is 17.3. The minimum atomic E-state index is -0.986. The molecule has 0 fully saturated rings. The predicted molar refractivity (Wildman–Crippen MR) is 86.4 cm³/mol. The van der Waals surface area contributed by atoms with E-state index < -0.39 is 22.7 Å². The molecule has 1 aliphatic rings. The number of fused-ring (bicyclic) bond motifs is 1. The van der Waals surface area contributed by atoms with Crippen LogP contribution in [-0.4, -0.2) is 27.8 Å². The molecule has 0 saturated carbocycles. The van der Waals surface area contributed by atoms with E-state index in [1.165, 1.54) is 17.8 Å². The molecule has 1 aliphatic heterocycles. The standard InChI is InChI=1S/C15H20N2O5S/c1-5-15(17-22-13(20)21-14(2,3)4)16-10-7-6-9(12(18)19)8-11(10)23-15/h6-8,16-17H,5H2,1-4H3,(H,18,19). The van der Waals surface area contributed by atoms with Gasteiger partial charge in [-0.25, -0.2) is 9.59 Å². The van der Waals surface area contributed by atoms with Gasteiger partial charge >= 0.3 is 12.1 Å². The van der Waals surface area contributed by atoms with Gasteiger partial charge < -0.3 is 20.0 Å². The molecular weight excluding hydrogens is 320 g/mol. The SMILES string of the molecule is CCC1(NOC(=O)OC(C)(C)C)Nc2ccc(C(=O)O)cc2S1. The molecule has 8 heteroatoms. The second-order valence-electron chi connectivity index (χ2n) is 6.09. The lowest BCUT2D eigenvalue weighted by Gasteiger charge is -2.28. The van der Waals surface area contributed by atoms with Crippen molar-refractivity contribution in [3.8, 4) is 0 Å². The number of hydrogen-bond donors (Lipinski definition) is 3. The predicted octanol–water partition coefficient (Wildman–Crippen LogP) is 3.42. The summed E-state index contributed by atoms with van der Waals surface area (Å²) in [7, 11) is 0. The van der Waals surface area contributed by atoms with Crippen molar-refractivity contribution in [3.05, 3.63) is 23.8 Å². The number of carbonyl (C=O) groups excluding carboxylic acids is 1. The van der Waals surface area contributed by atoms with Gasteiger partial charge in [0.15, 0.2) is 4.99 Å². The molecule has 23 heavy (non-hydrogen) atoms. The lowest BCUT2D eigenvalue weighted by molar-refractivity contribution is -0.0412. The summed E-state index contributed by atoms with van der Waals surface area (Å²) in [6.07, 6.45) is -0.243. The largest absolute Gasteiger partial charge is 0.528 e. The van der Waals surface area contributed by atoms with Crippen molar-refractivity contribution in [2.75, 3.05) is 5.32 Å². The van der Waals surface area contributed by atoms with Crippen LogP contribution in [0.3, 0.4) is 0 Å². The van der Waals surface area contributed by atoms with Gasteiger partial charge in [0.2, 0.25) is 0 Å². The van der Waals surface area contributed by atoms with E-state index in [0.717, 1.165) is 10.6 Å². The van der Waals surface area contributed by atoms with Crippen LogP contribution in [0.4, 0.5) is 10.5 Å². The third kappa shape index (κ3) is 4.29. The molecule has 1 atom stereocenters. The summed E-state index contributed by atoms with van der Waals surface area (Å²) in [5, 5.41) is 12.3. The number of anilines is 1. The van der Waals surface area contributed by atoms with Gasteiger partial charge in [-0.1, -0.05) is 18.7 Å². The van der Waals surface area contributed by atoms with Crippen LogP contribution in [0, 0.1) is 0 Å². The van der Waals surface area contributed by atoms with Crippen LogP contribution in [0.15, 0.2) is 23.1 Å². The van der Waals surface area contributed by atoms with Crippen molar-refractivity contribution in [2.24, 2.45) is 0 Å². The third-order valence-electron chi connectivity index (χ3n) is 3.04. The average molecular weight is 340 g/mol. The summed E-state index contributed by atoms with van der Waals surface area (Å²) in [6.45, 7) is 7.15. The highest BCUT2D eigenvalue weighted by molar-refractivity contribution is 8.01. The number of carboxylic acids is 1.